The lowest BCUT2D eigenvalue weighted by Gasteiger charge is -2.29. The number of rotatable bonds is 6. The van der Waals surface area contributed by atoms with Crippen LogP contribution in [0.2, 0.25) is 0 Å². The van der Waals surface area contributed by atoms with Gasteiger partial charge in [0, 0.05) is 49.4 Å². The molecule has 0 saturated carbocycles. The number of aromatic nitrogens is 3. The smallest absolute Gasteiger partial charge is 0.264 e. The summed E-state index contributed by atoms with van der Waals surface area (Å²) < 4.78 is 60.8. The molecule has 4 N–H and O–H groups in total. The molecule has 4 aromatic rings. The fraction of sp³-hybridized carbons (Fsp3) is 0.208. The van der Waals surface area contributed by atoms with Crippen molar-refractivity contribution in [1.82, 2.24) is 20.3 Å². The van der Waals surface area contributed by atoms with Crippen molar-refractivity contribution < 1.29 is 21.9 Å². The van der Waals surface area contributed by atoms with Crippen molar-refractivity contribution in [1.29, 1.82) is 0 Å². The molecule has 1 aliphatic rings. The fourth-order valence-electron chi connectivity index (χ4n) is 4.17. The summed E-state index contributed by atoms with van der Waals surface area (Å²) in [6.45, 7) is 3.13. The highest BCUT2D eigenvalue weighted by Crippen LogP contribution is 2.34. The minimum atomic E-state index is -4.41. The van der Waals surface area contributed by atoms with Gasteiger partial charge in [0.15, 0.2) is 0 Å². The highest BCUT2D eigenvalue weighted by atomic mass is 32.2. The molecule has 1 aliphatic heterocycles. The van der Waals surface area contributed by atoms with Gasteiger partial charge in [0.25, 0.3) is 10.0 Å². The number of benzene rings is 2. The van der Waals surface area contributed by atoms with E-state index >= 15 is 0 Å². The second kappa shape index (κ2) is 9.75. The van der Waals surface area contributed by atoms with Gasteiger partial charge in [-0.3, -0.25) is 4.72 Å². The van der Waals surface area contributed by atoms with Crippen molar-refractivity contribution in [3.63, 3.8) is 0 Å². The number of fused-ring (bicyclic) bond motifs is 1. The van der Waals surface area contributed by atoms with Gasteiger partial charge in [-0.25, -0.2) is 27.2 Å². The van der Waals surface area contributed by atoms with E-state index in [1.165, 1.54) is 19.4 Å². The van der Waals surface area contributed by atoms with E-state index in [9.17, 15) is 17.2 Å². The van der Waals surface area contributed by atoms with Crippen LogP contribution in [0.1, 0.15) is 0 Å². The Labute approximate surface area is 211 Å². The van der Waals surface area contributed by atoms with Gasteiger partial charge in [-0.1, -0.05) is 6.07 Å². The van der Waals surface area contributed by atoms with Crippen LogP contribution in [0.3, 0.4) is 0 Å². The monoisotopic (exact) mass is 527 g/mol. The molecule has 13 heteroatoms. The molecule has 0 radical (unpaired) electrons. The third kappa shape index (κ3) is 4.95. The summed E-state index contributed by atoms with van der Waals surface area (Å²) >= 11 is 0. The van der Waals surface area contributed by atoms with Crippen LogP contribution in [0.25, 0.3) is 22.0 Å². The number of sulfonamides is 1. The lowest BCUT2D eigenvalue weighted by Crippen LogP contribution is -2.44. The molecule has 1 saturated heterocycles. The van der Waals surface area contributed by atoms with Crippen LogP contribution in [0.5, 0.6) is 5.88 Å². The van der Waals surface area contributed by atoms with Gasteiger partial charge in [-0.05, 0) is 35.9 Å². The number of nitrogens with zero attached hydrogens (tertiary/aromatic N) is 4. The zero-order valence-electron chi connectivity index (χ0n) is 19.7. The second-order valence-corrected chi connectivity index (χ2v) is 9.99. The van der Waals surface area contributed by atoms with E-state index < -0.39 is 26.6 Å². The molecule has 10 nitrogen and oxygen atoms in total. The van der Waals surface area contributed by atoms with E-state index in [4.69, 9.17) is 10.5 Å². The maximum absolute atomic E-state index is 14.2. The zero-order chi connectivity index (χ0) is 26.2. The minimum absolute atomic E-state index is 0.0142. The Hall–Kier alpha value is -4.10. The van der Waals surface area contributed by atoms with Crippen LogP contribution >= 0.6 is 0 Å². The first-order valence-corrected chi connectivity index (χ1v) is 12.8. The normalized spacial score (nSPS) is 14.1. The summed E-state index contributed by atoms with van der Waals surface area (Å²) in [7, 11) is -3.08. The summed E-state index contributed by atoms with van der Waals surface area (Å²) in [6, 6.07) is 9.23. The number of nitrogen functional groups attached to an aromatic ring is 1. The average molecular weight is 528 g/mol. The van der Waals surface area contributed by atoms with E-state index in [2.05, 4.69) is 29.9 Å². The number of methoxy groups -OCH3 is 1. The predicted molar refractivity (Wildman–Crippen MR) is 136 cm³/mol. The fourth-order valence-corrected chi connectivity index (χ4v) is 5.27. The summed E-state index contributed by atoms with van der Waals surface area (Å²) in [4.78, 5) is 14.5. The van der Waals surface area contributed by atoms with Gasteiger partial charge >= 0.3 is 0 Å². The number of piperazine rings is 1. The largest absolute Gasteiger partial charge is 0.480 e. The van der Waals surface area contributed by atoms with Crippen LogP contribution in [0, 0.1) is 11.6 Å². The number of ether oxygens (including phenoxy) is 1. The van der Waals surface area contributed by atoms with Crippen molar-refractivity contribution in [2.45, 2.75) is 4.90 Å². The molecule has 37 heavy (non-hydrogen) atoms. The maximum Gasteiger partial charge on any atom is 0.264 e. The van der Waals surface area contributed by atoms with Crippen LogP contribution in [-0.2, 0) is 10.0 Å². The van der Waals surface area contributed by atoms with Gasteiger partial charge in [0.1, 0.15) is 28.0 Å². The Balaban J connectivity index is 1.56. The number of nitrogens with two attached hydrogens (primary N) is 1. The predicted octanol–water partition coefficient (Wildman–Crippen LogP) is 2.77. The molecule has 0 aliphatic carbocycles. The molecule has 0 unspecified atom stereocenters. The van der Waals surface area contributed by atoms with Crippen LogP contribution in [0.15, 0.2) is 53.6 Å². The highest BCUT2D eigenvalue weighted by molar-refractivity contribution is 7.92. The molecule has 0 atom stereocenters. The lowest BCUT2D eigenvalue weighted by atomic mass is 10.0. The van der Waals surface area contributed by atoms with Crippen LogP contribution in [-0.4, -0.2) is 56.7 Å². The zero-order valence-corrected chi connectivity index (χ0v) is 20.5. The number of nitrogens with one attached hydrogen (secondary N) is 2. The molecule has 0 bridgehead atoms. The molecular formula is C24H23F2N7O3S. The number of pyridine rings is 1. The van der Waals surface area contributed by atoms with E-state index in [1.807, 2.05) is 6.07 Å². The second-order valence-electron chi connectivity index (χ2n) is 8.34. The molecule has 0 spiro atoms. The van der Waals surface area contributed by atoms with Crippen molar-refractivity contribution in [3.05, 3.63) is 60.3 Å². The first-order valence-electron chi connectivity index (χ1n) is 11.3. The molecule has 1 fully saturated rings. The van der Waals surface area contributed by atoms with E-state index in [0.29, 0.717) is 28.5 Å². The molecule has 3 heterocycles. The number of hydrogen-bond donors (Lipinski definition) is 3. The molecule has 5 rings (SSSR count). The van der Waals surface area contributed by atoms with E-state index in [1.54, 1.807) is 12.1 Å². The van der Waals surface area contributed by atoms with Crippen molar-refractivity contribution >= 4 is 38.4 Å². The maximum atomic E-state index is 14.2. The Kier molecular flexibility index (Phi) is 6.48. The highest BCUT2D eigenvalue weighted by Gasteiger charge is 2.23. The standard InChI is InChI=1S/C24H23F2N7O3S/c1-36-23-20(32-37(34,35)21-5-3-16(25)12-18(21)26)11-15(13-29-23)14-2-4-19-17(10-14)22(31-24(27)30-19)33-8-6-28-7-9-33/h2-5,10-13,28,32H,6-9H2,1H3,(H2,27,30,31). The molecule has 192 valence electrons. The summed E-state index contributed by atoms with van der Waals surface area (Å²) in [5.41, 5.74) is 7.88. The SMILES string of the molecule is COc1ncc(-c2ccc3nc(N)nc(N4CCNCC4)c3c2)cc1NS(=O)(=O)c1ccc(F)cc1F. The van der Waals surface area contributed by atoms with Gasteiger partial charge < -0.3 is 20.7 Å². The molecule has 2 aromatic carbocycles. The van der Waals surface area contributed by atoms with Crippen LogP contribution in [0.4, 0.5) is 26.2 Å². The number of anilines is 3. The first-order chi connectivity index (χ1) is 17.7. The van der Waals surface area contributed by atoms with Crippen molar-refractivity contribution in [2.75, 3.05) is 48.6 Å². The number of halogens is 2. The van der Waals surface area contributed by atoms with Crippen molar-refractivity contribution in [3.8, 4) is 17.0 Å². The Bertz CT molecular complexity index is 1600. The Morgan fingerprint density at radius 2 is 1.84 bits per heavy atom. The van der Waals surface area contributed by atoms with Gasteiger partial charge in [-0.15, -0.1) is 0 Å². The Morgan fingerprint density at radius 3 is 2.57 bits per heavy atom. The van der Waals surface area contributed by atoms with E-state index in [0.717, 1.165) is 43.7 Å². The molecule has 0 amide bonds. The summed E-state index contributed by atoms with van der Waals surface area (Å²) in [6.07, 6.45) is 1.53. The van der Waals surface area contributed by atoms with Gasteiger partial charge in [-0.2, -0.15) is 4.98 Å². The van der Waals surface area contributed by atoms with Crippen LogP contribution < -0.4 is 25.4 Å². The Morgan fingerprint density at radius 1 is 1.05 bits per heavy atom. The van der Waals surface area contributed by atoms with Crippen molar-refractivity contribution in [2.24, 2.45) is 0 Å². The third-order valence-electron chi connectivity index (χ3n) is 5.92. The topological polar surface area (TPSA) is 135 Å². The quantitative estimate of drug-likeness (QED) is 0.346. The summed E-state index contributed by atoms with van der Waals surface area (Å²) in [5, 5.41) is 4.08. The van der Waals surface area contributed by atoms with Gasteiger partial charge in [0.2, 0.25) is 11.8 Å². The van der Waals surface area contributed by atoms with Gasteiger partial charge in [0.05, 0.1) is 12.6 Å². The summed E-state index contributed by atoms with van der Waals surface area (Å²) in [5.74, 6) is -1.25. The van der Waals surface area contributed by atoms with E-state index in [-0.39, 0.29) is 17.5 Å². The first kappa shape index (κ1) is 24.6. The average Bonchev–Trinajstić information content (AvgIpc) is 2.88. The minimum Gasteiger partial charge on any atom is -0.480 e. The molecular weight excluding hydrogens is 504 g/mol. The lowest BCUT2D eigenvalue weighted by molar-refractivity contribution is 0.400. The third-order valence-corrected chi connectivity index (χ3v) is 7.31. The molecule has 2 aromatic heterocycles. The number of hydrogen-bond acceptors (Lipinski definition) is 9.